The Hall–Kier alpha value is -1.43. The normalized spacial score (nSPS) is 22.4. The molecule has 1 spiro atoms. The van der Waals surface area contributed by atoms with E-state index in [9.17, 15) is 14.4 Å². The number of rotatable bonds is 4. The van der Waals surface area contributed by atoms with Gasteiger partial charge in [-0.15, -0.1) is 0 Å². The van der Waals surface area contributed by atoms with Crippen LogP contribution in [0.3, 0.4) is 0 Å². The molecule has 0 bridgehead atoms. The van der Waals surface area contributed by atoms with E-state index >= 15 is 0 Å². The van der Waals surface area contributed by atoms with Crippen molar-refractivity contribution in [2.75, 3.05) is 19.8 Å². The van der Waals surface area contributed by atoms with Gasteiger partial charge in [0.05, 0.1) is 6.54 Å². The molecule has 0 unspecified atom stereocenters. The predicted molar refractivity (Wildman–Crippen MR) is 62.9 cm³/mol. The van der Waals surface area contributed by atoms with Gasteiger partial charge in [0.25, 0.3) is 5.91 Å². The first kappa shape index (κ1) is 13.0. The number of nitrogens with zero attached hydrogens (tertiary/aromatic N) is 1. The van der Waals surface area contributed by atoms with Gasteiger partial charge in [-0.2, -0.15) is 0 Å². The molecule has 0 aromatic heterocycles. The van der Waals surface area contributed by atoms with Gasteiger partial charge in [0.1, 0.15) is 5.54 Å². The highest BCUT2D eigenvalue weighted by molar-refractivity contribution is 6.09. The quantitative estimate of drug-likeness (QED) is 0.739. The summed E-state index contributed by atoms with van der Waals surface area (Å²) in [7, 11) is 0. The van der Waals surface area contributed by atoms with Crippen molar-refractivity contribution in [1.82, 2.24) is 10.2 Å². The molecule has 2 rings (SSSR count). The maximum Gasteiger partial charge on any atom is 0.325 e. The van der Waals surface area contributed by atoms with Crippen molar-refractivity contribution >= 4 is 17.7 Å². The number of hydrogen-bond acceptors (Lipinski definition) is 4. The van der Waals surface area contributed by atoms with Crippen LogP contribution in [0.15, 0.2) is 0 Å². The Bertz CT molecular complexity index is 374. The molecule has 2 heterocycles. The van der Waals surface area contributed by atoms with Crippen molar-refractivity contribution in [3.05, 3.63) is 0 Å². The average molecular weight is 254 g/mol. The molecule has 0 aromatic rings. The summed E-state index contributed by atoms with van der Waals surface area (Å²) in [6.07, 6.45) is 2.08. The minimum atomic E-state index is -0.832. The van der Waals surface area contributed by atoms with E-state index in [4.69, 9.17) is 4.74 Å². The Morgan fingerprint density at radius 2 is 2.06 bits per heavy atom. The fraction of sp³-hybridized carbons (Fsp3) is 0.750. The van der Waals surface area contributed by atoms with Crippen LogP contribution in [-0.4, -0.2) is 47.9 Å². The van der Waals surface area contributed by atoms with Crippen LogP contribution in [0.25, 0.3) is 0 Å². The van der Waals surface area contributed by atoms with Crippen molar-refractivity contribution in [2.24, 2.45) is 0 Å². The predicted octanol–water partition coefficient (Wildman–Crippen LogP) is 0.457. The number of amides is 3. The zero-order chi connectivity index (χ0) is 13.2. The fourth-order valence-electron chi connectivity index (χ4n) is 2.41. The van der Waals surface area contributed by atoms with Gasteiger partial charge >= 0.3 is 6.03 Å². The van der Waals surface area contributed by atoms with Crippen molar-refractivity contribution in [3.8, 4) is 0 Å². The molecule has 100 valence electrons. The number of ketones is 1. The lowest BCUT2D eigenvalue weighted by atomic mass is 9.90. The molecule has 6 nitrogen and oxygen atoms in total. The lowest BCUT2D eigenvalue weighted by Crippen LogP contribution is -2.51. The molecule has 6 heteroatoms. The van der Waals surface area contributed by atoms with Crippen LogP contribution in [-0.2, 0) is 14.3 Å². The zero-order valence-electron chi connectivity index (χ0n) is 10.5. The second-order valence-corrected chi connectivity index (χ2v) is 4.80. The Balaban J connectivity index is 2.07. The monoisotopic (exact) mass is 254 g/mol. The zero-order valence-corrected chi connectivity index (χ0v) is 10.5. The lowest BCUT2D eigenvalue weighted by Gasteiger charge is -2.30. The van der Waals surface area contributed by atoms with E-state index in [1.807, 2.05) is 6.92 Å². The standard InChI is InChI=1S/C12H18N2O4/c1-2-3-9(15)8-14-10(16)12(13-11(14)17)4-6-18-7-5-12/h2-8H2,1H3,(H,13,17). The first-order valence-electron chi connectivity index (χ1n) is 6.32. The number of hydrogen-bond donors (Lipinski definition) is 1. The number of nitrogens with one attached hydrogen (secondary N) is 1. The number of carbonyl (C=O) groups excluding carboxylic acids is 3. The maximum atomic E-state index is 12.3. The highest BCUT2D eigenvalue weighted by Crippen LogP contribution is 2.28. The van der Waals surface area contributed by atoms with Gasteiger partial charge in [0.15, 0.2) is 5.78 Å². The van der Waals surface area contributed by atoms with Crippen molar-refractivity contribution in [2.45, 2.75) is 38.1 Å². The molecule has 2 saturated heterocycles. The molecule has 0 radical (unpaired) electrons. The van der Waals surface area contributed by atoms with E-state index < -0.39 is 11.6 Å². The van der Waals surface area contributed by atoms with E-state index in [2.05, 4.69) is 5.32 Å². The fourth-order valence-corrected chi connectivity index (χ4v) is 2.41. The van der Waals surface area contributed by atoms with Gasteiger partial charge in [0, 0.05) is 32.5 Å². The third kappa shape index (κ3) is 2.25. The van der Waals surface area contributed by atoms with E-state index in [0.717, 1.165) is 11.3 Å². The molecule has 0 aromatic carbocycles. The number of carbonyl (C=O) groups is 3. The Morgan fingerprint density at radius 1 is 1.39 bits per heavy atom. The summed E-state index contributed by atoms with van der Waals surface area (Å²) in [6, 6.07) is -0.452. The summed E-state index contributed by atoms with van der Waals surface area (Å²) in [5, 5.41) is 2.72. The third-order valence-electron chi connectivity index (χ3n) is 3.46. The van der Waals surface area contributed by atoms with Crippen molar-refractivity contribution in [1.29, 1.82) is 0 Å². The molecule has 0 aliphatic carbocycles. The molecule has 0 atom stereocenters. The van der Waals surface area contributed by atoms with Crippen LogP contribution >= 0.6 is 0 Å². The van der Waals surface area contributed by atoms with Crippen LogP contribution in [0.1, 0.15) is 32.6 Å². The van der Waals surface area contributed by atoms with Gasteiger partial charge in [-0.25, -0.2) is 4.79 Å². The number of urea groups is 1. The molecule has 0 saturated carbocycles. The number of imide groups is 1. The van der Waals surface area contributed by atoms with Gasteiger partial charge in [-0.1, -0.05) is 6.92 Å². The SMILES string of the molecule is CCCC(=O)CN1C(=O)NC2(CCOCC2)C1=O. The summed E-state index contributed by atoms with van der Waals surface area (Å²) in [6.45, 7) is 2.70. The van der Waals surface area contributed by atoms with Gasteiger partial charge in [0.2, 0.25) is 0 Å². The van der Waals surface area contributed by atoms with Crippen LogP contribution < -0.4 is 5.32 Å². The van der Waals surface area contributed by atoms with Crippen LogP contribution in [0.5, 0.6) is 0 Å². The molecular weight excluding hydrogens is 236 g/mol. The molecule has 3 amide bonds. The Kier molecular flexibility index (Phi) is 3.65. The topological polar surface area (TPSA) is 75.7 Å². The first-order valence-corrected chi connectivity index (χ1v) is 6.32. The smallest absolute Gasteiger partial charge is 0.325 e. The van der Waals surface area contributed by atoms with Crippen LogP contribution in [0.4, 0.5) is 4.79 Å². The molecule has 2 aliphatic rings. The minimum Gasteiger partial charge on any atom is -0.381 e. The van der Waals surface area contributed by atoms with Crippen LogP contribution in [0, 0.1) is 0 Å². The Morgan fingerprint density at radius 3 is 2.67 bits per heavy atom. The van der Waals surface area contributed by atoms with Gasteiger partial charge < -0.3 is 10.1 Å². The summed E-state index contributed by atoms with van der Waals surface area (Å²) in [5.41, 5.74) is -0.832. The Labute approximate surface area is 106 Å². The first-order chi connectivity index (χ1) is 8.59. The summed E-state index contributed by atoms with van der Waals surface area (Å²) >= 11 is 0. The van der Waals surface area contributed by atoms with E-state index in [1.165, 1.54) is 0 Å². The molecule has 2 aliphatic heterocycles. The van der Waals surface area contributed by atoms with Crippen LogP contribution in [0.2, 0.25) is 0 Å². The summed E-state index contributed by atoms with van der Waals surface area (Å²) in [5.74, 6) is -0.356. The molecule has 2 fully saturated rings. The molecular formula is C12H18N2O4. The molecule has 18 heavy (non-hydrogen) atoms. The van der Waals surface area contributed by atoms with E-state index in [-0.39, 0.29) is 18.2 Å². The third-order valence-corrected chi connectivity index (χ3v) is 3.46. The van der Waals surface area contributed by atoms with E-state index in [0.29, 0.717) is 32.5 Å². The largest absolute Gasteiger partial charge is 0.381 e. The number of Topliss-reactive ketones (excluding diaryl/α,β-unsaturated/α-hetero) is 1. The van der Waals surface area contributed by atoms with Crippen molar-refractivity contribution < 1.29 is 19.1 Å². The highest BCUT2D eigenvalue weighted by atomic mass is 16.5. The average Bonchev–Trinajstić information content (AvgIpc) is 2.55. The lowest BCUT2D eigenvalue weighted by molar-refractivity contribution is -0.137. The van der Waals surface area contributed by atoms with Gasteiger partial charge in [-0.3, -0.25) is 14.5 Å². The second kappa shape index (κ2) is 5.06. The maximum absolute atomic E-state index is 12.3. The summed E-state index contributed by atoms with van der Waals surface area (Å²) < 4.78 is 5.21. The highest BCUT2D eigenvalue weighted by Gasteiger charge is 2.51. The van der Waals surface area contributed by atoms with Gasteiger partial charge in [-0.05, 0) is 6.42 Å². The minimum absolute atomic E-state index is 0.0786. The molecule has 1 N–H and O–H groups in total. The number of ether oxygens (including phenoxy) is 1. The summed E-state index contributed by atoms with van der Waals surface area (Å²) in [4.78, 5) is 36.7. The van der Waals surface area contributed by atoms with E-state index in [1.54, 1.807) is 0 Å². The van der Waals surface area contributed by atoms with Crippen molar-refractivity contribution in [3.63, 3.8) is 0 Å². The second-order valence-electron chi connectivity index (χ2n) is 4.80.